The van der Waals surface area contributed by atoms with Gasteiger partial charge in [-0.1, -0.05) is 0 Å². The lowest BCUT2D eigenvalue weighted by Crippen LogP contribution is -2.30. The molecule has 1 heterocycles. The molecule has 1 aliphatic rings. The molecule has 0 spiro atoms. The lowest BCUT2D eigenvalue weighted by Gasteiger charge is -2.24. The lowest BCUT2D eigenvalue weighted by atomic mass is 10.0. The number of anilines is 1. The Kier molecular flexibility index (Phi) is 3.06. The summed E-state index contributed by atoms with van der Waals surface area (Å²) in [6, 6.07) is 6.80. The van der Waals surface area contributed by atoms with E-state index in [9.17, 15) is 0 Å². The number of ether oxygens (including phenoxy) is 1. The van der Waals surface area contributed by atoms with Crippen molar-refractivity contribution in [3.8, 4) is 5.75 Å². The molecule has 0 bridgehead atoms. The zero-order chi connectivity index (χ0) is 11.7. The van der Waals surface area contributed by atoms with Crippen LogP contribution in [0.5, 0.6) is 5.75 Å². The van der Waals surface area contributed by atoms with Crippen LogP contribution in [0.2, 0.25) is 0 Å². The molecule has 0 fully saturated rings. The predicted octanol–water partition coefficient (Wildman–Crippen LogP) is 1.97. The highest BCUT2D eigenvalue weighted by Crippen LogP contribution is 2.38. The fourth-order valence-corrected chi connectivity index (χ4v) is 2.37. The smallest absolute Gasteiger partial charge is 0.119 e. The molecule has 0 saturated heterocycles. The van der Waals surface area contributed by atoms with Crippen molar-refractivity contribution in [3.63, 3.8) is 0 Å². The van der Waals surface area contributed by atoms with E-state index >= 15 is 0 Å². The highest BCUT2D eigenvalue weighted by Gasteiger charge is 2.29. The number of rotatable bonds is 3. The van der Waals surface area contributed by atoms with Crippen LogP contribution in [0.3, 0.4) is 0 Å². The molecule has 3 nitrogen and oxygen atoms in total. The van der Waals surface area contributed by atoms with Crippen molar-refractivity contribution in [1.29, 1.82) is 0 Å². The Labute approximate surface area is 97.2 Å². The highest BCUT2D eigenvalue weighted by atomic mass is 16.5. The van der Waals surface area contributed by atoms with Crippen molar-refractivity contribution in [3.05, 3.63) is 23.8 Å². The summed E-state index contributed by atoms with van der Waals surface area (Å²) in [6.07, 6.45) is 0. The third-order valence-corrected chi connectivity index (χ3v) is 3.31. The molecule has 3 heteroatoms. The minimum atomic E-state index is 0.437. The molecule has 2 rings (SSSR count). The van der Waals surface area contributed by atoms with Crippen molar-refractivity contribution in [2.45, 2.75) is 25.8 Å². The SMILES string of the molecule is COc1ccc2c(c1)C(CN)CN2C(C)C. The molecule has 1 unspecified atom stereocenters. The monoisotopic (exact) mass is 220 g/mol. The Hall–Kier alpha value is -1.22. The van der Waals surface area contributed by atoms with Crippen molar-refractivity contribution in [2.75, 3.05) is 25.1 Å². The predicted molar refractivity (Wildman–Crippen MR) is 67.3 cm³/mol. The van der Waals surface area contributed by atoms with Crippen molar-refractivity contribution >= 4 is 5.69 Å². The average Bonchev–Trinajstić information content (AvgIpc) is 2.66. The zero-order valence-corrected chi connectivity index (χ0v) is 10.2. The first-order chi connectivity index (χ1) is 7.67. The van der Waals surface area contributed by atoms with E-state index in [4.69, 9.17) is 10.5 Å². The Morgan fingerprint density at radius 2 is 2.25 bits per heavy atom. The Morgan fingerprint density at radius 3 is 2.81 bits per heavy atom. The molecule has 0 aromatic heterocycles. The third-order valence-electron chi connectivity index (χ3n) is 3.31. The lowest BCUT2D eigenvalue weighted by molar-refractivity contribution is 0.414. The minimum Gasteiger partial charge on any atom is -0.497 e. The molecule has 16 heavy (non-hydrogen) atoms. The summed E-state index contributed by atoms with van der Waals surface area (Å²) < 4.78 is 5.27. The van der Waals surface area contributed by atoms with Crippen molar-refractivity contribution in [2.24, 2.45) is 5.73 Å². The van der Waals surface area contributed by atoms with Gasteiger partial charge < -0.3 is 15.4 Å². The van der Waals surface area contributed by atoms with Crippen LogP contribution in [0.25, 0.3) is 0 Å². The molecule has 0 amide bonds. The summed E-state index contributed by atoms with van der Waals surface area (Å²) in [4.78, 5) is 2.41. The van der Waals surface area contributed by atoms with Gasteiger partial charge in [-0.2, -0.15) is 0 Å². The molecule has 1 aromatic carbocycles. The van der Waals surface area contributed by atoms with Crippen LogP contribution < -0.4 is 15.4 Å². The normalized spacial score (nSPS) is 19.1. The molecule has 1 aromatic rings. The van der Waals surface area contributed by atoms with Gasteiger partial charge >= 0.3 is 0 Å². The second-order valence-electron chi connectivity index (χ2n) is 4.60. The quantitative estimate of drug-likeness (QED) is 0.846. The fourth-order valence-electron chi connectivity index (χ4n) is 2.37. The number of benzene rings is 1. The van der Waals surface area contributed by atoms with Crippen LogP contribution in [0.15, 0.2) is 18.2 Å². The standard InChI is InChI=1S/C13H20N2O/c1-9(2)15-8-10(7-14)12-6-11(16-3)4-5-13(12)15/h4-6,9-10H,7-8,14H2,1-3H3. The first-order valence-electron chi connectivity index (χ1n) is 5.82. The fraction of sp³-hybridized carbons (Fsp3) is 0.538. The largest absolute Gasteiger partial charge is 0.497 e. The molecule has 1 aliphatic heterocycles. The molecule has 0 radical (unpaired) electrons. The maximum atomic E-state index is 5.84. The van der Waals surface area contributed by atoms with E-state index in [0.717, 1.165) is 12.3 Å². The number of nitrogens with zero attached hydrogens (tertiary/aromatic N) is 1. The van der Waals surface area contributed by atoms with E-state index in [1.165, 1.54) is 11.3 Å². The van der Waals surface area contributed by atoms with Crippen molar-refractivity contribution < 1.29 is 4.74 Å². The molecule has 2 N–H and O–H groups in total. The van der Waals surface area contributed by atoms with Gasteiger partial charge in [-0.05, 0) is 37.6 Å². The summed E-state index contributed by atoms with van der Waals surface area (Å²) in [5.41, 5.74) is 8.48. The topological polar surface area (TPSA) is 38.5 Å². The van der Waals surface area contributed by atoms with Gasteiger partial charge in [0.25, 0.3) is 0 Å². The van der Waals surface area contributed by atoms with Gasteiger partial charge in [0.15, 0.2) is 0 Å². The Bertz CT molecular complexity index is 376. The number of hydrogen-bond donors (Lipinski definition) is 1. The second kappa shape index (κ2) is 4.34. The molecular weight excluding hydrogens is 200 g/mol. The van der Waals surface area contributed by atoms with Crippen LogP contribution in [0.1, 0.15) is 25.3 Å². The average molecular weight is 220 g/mol. The van der Waals surface area contributed by atoms with E-state index in [1.54, 1.807) is 7.11 Å². The first kappa shape index (κ1) is 11.3. The van der Waals surface area contributed by atoms with Gasteiger partial charge in [-0.25, -0.2) is 0 Å². The first-order valence-corrected chi connectivity index (χ1v) is 5.82. The summed E-state index contributed by atoms with van der Waals surface area (Å²) in [7, 11) is 1.70. The van der Waals surface area contributed by atoms with E-state index < -0.39 is 0 Å². The summed E-state index contributed by atoms with van der Waals surface area (Å²) in [6.45, 7) is 6.15. The molecule has 0 aliphatic carbocycles. The van der Waals surface area contributed by atoms with Gasteiger partial charge in [0.2, 0.25) is 0 Å². The van der Waals surface area contributed by atoms with E-state index in [2.05, 4.69) is 30.9 Å². The third kappa shape index (κ3) is 1.76. The number of nitrogens with two attached hydrogens (primary N) is 1. The van der Waals surface area contributed by atoms with Gasteiger partial charge in [-0.15, -0.1) is 0 Å². The summed E-state index contributed by atoms with van der Waals surface area (Å²) in [5.74, 6) is 1.36. The van der Waals surface area contributed by atoms with Crippen LogP contribution in [0, 0.1) is 0 Å². The summed E-state index contributed by atoms with van der Waals surface area (Å²) in [5, 5.41) is 0. The maximum absolute atomic E-state index is 5.84. The number of methoxy groups -OCH3 is 1. The van der Waals surface area contributed by atoms with Gasteiger partial charge in [0, 0.05) is 30.7 Å². The number of hydrogen-bond acceptors (Lipinski definition) is 3. The zero-order valence-electron chi connectivity index (χ0n) is 10.2. The van der Waals surface area contributed by atoms with Gasteiger partial charge in [-0.3, -0.25) is 0 Å². The van der Waals surface area contributed by atoms with E-state index in [1.807, 2.05) is 6.07 Å². The van der Waals surface area contributed by atoms with Crippen LogP contribution in [-0.4, -0.2) is 26.2 Å². The molecule has 1 atom stereocenters. The van der Waals surface area contributed by atoms with Crippen LogP contribution >= 0.6 is 0 Å². The van der Waals surface area contributed by atoms with Gasteiger partial charge in [0.05, 0.1) is 7.11 Å². The van der Waals surface area contributed by atoms with Crippen LogP contribution in [0.4, 0.5) is 5.69 Å². The molecular formula is C13H20N2O. The minimum absolute atomic E-state index is 0.437. The Morgan fingerprint density at radius 1 is 1.50 bits per heavy atom. The Balaban J connectivity index is 2.41. The molecule has 0 saturated carbocycles. The maximum Gasteiger partial charge on any atom is 0.119 e. The summed E-state index contributed by atoms with van der Waals surface area (Å²) >= 11 is 0. The van der Waals surface area contributed by atoms with Gasteiger partial charge in [0.1, 0.15) is 5.75 Å². The molecule has 88 valence electrons. The van der Waals surface area contributed by atoms with Crippen LogP contribution in [-0.2, 0) is 0 Å². The van der Waals surface area contributed by atoms with E-state index in [0.29, 0.717) is 18.5 Å². The van der Waals surface area contributed by atoms with E-state index in [-0.39, 0.29) is 0 Å². The van der Waals surface area contributed by atoms with Crippen molar-refractivity contribution in [1.82, 2.24) is 0 Å². The second-order valence-corrected chi connectivity index (χ2v) is 4.60. The number of fused-ring (bicyclic) bond motifs is 1. The highest BCUT2D eigenvalue weighted by molar-refractivity contribution is 5.63.